The summed E-state index contributed by atoms with van der Waals surface area (Å²) in [6, 6.07) is 7.95. The summed E-state index contributed by atoms with van der Waals surface area (Å²) in [5, 5.41) is 3.25. The third-order valence-corrected chi connectivity index (χ3v) is 3.32. The van der Waals surface area contributed by atoms with E-state index in [2.05, 4.69) is 12.2 Å². The molecular weight excluding hydrogens is 266 g/mol. The maximum absolute atomic E-state index is 5.86. The molecule has 0 spiro atoms. The lowest BCUT2D eigenvalue weighted by Crippen LogP contribution is -2.10. The number of benzene rings is 1. The summed E-state index contributed by atoms with van der Waals surface area (Å²) >= 11 is 0. The second-order valence-corrected chi connectivity index (χ2v) is 5.02. The third kappa shape index (κ3) is 4.02. The standard InChI is InChI=1S/C17H23NO3/c1-5-18-10-15-9-14(13(3)21-15)11-20-16-7-6-12(2)8-17(16)19-4/h6-9,18H,5,10-11H2,1-4H3. The Morgan fingerprint density at radius 3 is 2.67 bits per heavy atom. The molecule has 0 atom stereocenters. The van der Waals surface area contributed by atoms with Crippen molar-refractivity contribution in [3.63, 3.8) is 0 Å². The van der Waals surface area contributed by atoms with E-state index in [1.54, 1.807) is 7.11 Å². The molecule has 0 unspecified atom stereocenters. The normalized spacial score (nSPS) is 10.7. The minimum absolute atomic E-state index is 0.473. The molecule has 0 fully saturated rings. The lowest BCUT2D eigenvalue weighted by atomic mass is 10.2. The SMILES string of the molecule is CCNCc1cc(COc2ccc(C)cc2OC)c(C)o1. The van der Waals surface area contributed by atoms with Crippen molar-refractivity contribution in [1.82, 2.24) is 5.32 Å². The predicted molar refractivity (Wildman–Crippen MR) is 82.9 cm³/mol. The van der Waals surface area contributed by atoms with Crippen LogP contribution in [0.1, 0.15) is 29.6 Å². The lowest BCUT2D eigenvalue weighted by Gasteiger charge is -2.10. The number of rotatable bonds is 7. The second kappa shape index (κ2) is 7.18. The van der Waals surface area contributed by atoms with E-state index >= 15 is 0 Å². The van der Waals surface area contributed by atoms with Crippen LogP contribution in [0.2, 0.25) is 0 Å². The fraction of sp³-hybridized carbons (Fsp3) is 0.412. The molecule has 114 valence electrons. The Morgan fingerprint density at radius 2 is 1.95 bits per heavy atom. The first-order chi connectivity index (χ1) is 10.1. The van der Waals surface area contributed by atoms with E-state index in [9.17, 15) is 0 Å². The van der Waals surface area contributed by atoms with Crippen molar-refractivity contribution in [3.8, 4) is 11.5 Å². The Hall–Kier alpha value is -1.94. The molecule has 4 heteroatoms. The average Bonchev–Trinajstić information content (AvgIpc) is 2.84. The number of nitrogens with one attached hydrogen (secondary N) is 1. The van der Waals surface area contributed by atoms with Crippen molar-refractivity contribution < 1.29 is 13.9 Å². The van der Waals surface area contributed by atoms with Crippen LogP contribution in [0, 0.1) is 13.8 Å². The van der Waals surface area contributed by atoms with Crippen LogP contribution in [0.5, 0.6) is 11.5 Å². The molecule has 1 aromatic carbocycles. The van der Waals surface area contributed by atoms with Gasteiger partial charge < -0.3 is 19.2 Å². The van der Waals surface area contributed by atoms with Gasteiger partial charge in [0.05, 0.1) is 13.7 Å². The molecule has 0 saturated heterocycles. The summed E-state index contributed by atoms with van der Waals surface area (Å²) in [5.41, 5.74) is 2.21. The summed E-state index contributed by atoms with van der Waals surface area (Å²) < 4.78 is 16.9. The lowest BCUT2D eigenvalue weighted by molar-refractivity contribution is 0.282. The second-order valence-electron chi connectivity index (χ2n) is 5.02. The van der Waals surface area contributed by atoms with Gasteiger partial charge in [-0.3, -0.25) is 0 Å². The van der Waals surface area contributed by atoms with Crippen LogP contribution < -0.4 is 14.8 Å². The maximum Gasteiger partial charge on any atom is 0.161 e. The number of furan rings is 1. The van der Waals surface area contributed by atoms with Gasteiger partial charge >= 0.3 is 0 Å². The van der Waals surface area contributed by atoms with Crippen molar-refractivity contribution in [2.75, 3.05) is 13.7 Å². The summed E-state index contributed by atoms with van der Waals surface area (Å²) in [6.45, 7) is 8.20. The molecule has 1 N–H and O–H groups in total. The smallest absolute Gasteiger partial charge is 0.161 e. The minimum Gasteiger partial charge on any atom is -0.493 e. The Balaban J connectivity index is 2.04. The van der Waals surface area contributed by atoms with Crippen molar-refractivity contribution >= 4 is 0 Å². The van der Waals surface area contributed by atoms with Gasteiger partial charge in [-0.25, -0.2) is 0 Å². The number of methoxy groups -OCH3 is 1. The molecule has 1 heterocycles. The molecule has 1 aromatic heterocycles. The molecule has 2 rings (SSSR count). The molecule has 0 amide bonds. The number of hydrogen-bond donors (Lipinski definition) is 1. The van der Waals surface area contributed by atoms with E-state index in [0.29, 0.717) is 6.61 Å². The summed E-state index contributed by atoms with van der Waals surface area (Å²) in [5.74, 6) is 3.33. The molecule has 21 heavy (non-hydrogen) atoms. The van der Waals surface area contributed by atoms with Gasteiger partial charge in [0.2, 0.25) is 0 Å². The fourth-order valence-electron chi connectivity index (χ4n) is 2.12. The first kappa shape index (κ1) is 15.4. The topological polar surface area (TPSA) is 43.6 Å². The van der Waals surface area contributed by atoms with Gasteiger partial charge in [-0.05, 0) is 44.2 Å². The molecule has 0 saturated carbocycles. The van der Waals surface area contributed by atoms with Crippen LogP contribution in [0.25, 0.3) is 0 Å². The van der Waals surface area contributed by atoms with E-state index in [-0.39, 0.29) is 0 Å². The highest BCUT2D eigenvalue weighted by atomic mass is 16.5. The molecule has 2 aromatic rings. The number of ether oxygens (including phenoxy) is 2. The Morgan fingerprint density at radius 1 is 1.14 bits per heavy atom. The summed E-state index contributed by atoms with van der Waals surface area (Å²) in [6.07, 6.45) is 0. The van der Waals surface area contributed by atoms with Gasteiger partial charge in [0, 0.05) is 5.56 Å². The number of aryl methyl sites for hydroxylation is 2. The maximum atomic E-state index is 5.86. The van der Waals surface area contributed by atoms with Gasteiger partial charge in [0.15, 0.2) is 11.5 Å². The molecule has 0 radical (unpaired) electrons. The van der Waals surface area contributed by atoms with Gasteiger partial charge in [-0.15, -0.1) is 0 Å². The van der Waals surface area contributed by atoms with E-state index in [1.165, 1.54) is 0 Å². The van der Waals surface area contributed by atoms with Gasteiger partial charge in [0.1, 0.15) is 18.1 Å². The van der Waals surface area contributed by atoms with Crippen molar-refractivity contribution in [2.24, 2.45) is 0 Å². The van der Waals surface area contributed by atoms with Crippen LogP contribution in [0.15, 0.2) is 28.7 Å². The molecule has 0 aliphatic carbocycles. The van der Waals surface area contributed by atoms with Gasteiger partial charge in [-0.2, -0.15) is 0 Å². The highest BCUT2D eigenvalue weighted by molar-refractivity contribution is 5.42. The predicted octanol–water partition coefficient (Wildman–Crippen LogP) is 3.59. The molecule has 4 nitrogen and oxygen atoms in total. The average molecular weight is 289 g/mol. The van der Waals surface area contributed by atoms with E-state index in [0.717, 1.165) is 47.2 Å². The zero-order chi connectivity index (χ0) is 15.2. The van der Waals surface area contributed by atoms with E-state index in [1.807, 2.05) is 38.1 Å². The van der Waals surface area contributed by atoms with Crippen molar-refractivity contribution in [3.05, 3.63) is 46.9 Å². The number of hydrogen-bond acceptors (Lipinski definition) is 4. The Kier molecular flexibility index (Phi) is 5.28. The van der Waals surface area contributed by atoms with Crippen LogP contribution >= 0.6 is 0 Å². The Bertz CT molecular complexity index is 590. The first-order valence-corrected chi connectivity index (χ1v) is 7.20. The van der Waals surface area contributed by atoms with Crippen molar-refractivity contribution in [2.45, 2.75) is 33.9 Å². The van der Waals surface area contributed by atoms with Gasteiger partial charge in [0.25, 0.3) is 0 Å². The van der Waals surface area contributed by atoms with Crippen LogP contribution in [0.4, 0.5) is 0 Å². The zero-order valence-electron chi connectivity index (χ0n) is 13.2. The highest BCUT2D eigenvalue weighted by Gasteiger charge is 2.10. The zero-order valence-corrected chi connectivity index (χ0v) is 13.2. The van der Waals surface area contributed by atoms with E-state index in [4.69, 9.17) is 13.9 Å². The molecular formula is C17H23NO3. The molecule has 0 bridgehead atoms. The van der Waals surface area contributed by atoms with Crippen LogP contribution in [-0.4, -0.2) is 13.7 Å². The van der Waals surface area contributed by atoms with Crippen LogP contribution in [0.3, 0.4) is 0 Å². The summed E-state index contributed by atoms with van der Waals surface area (Å²) in [4.78, 5) is 0. The largest absolute Gasteiger partial charge is 0.493 e. The summed E-state index contributed by atoms with van der Waals surface area (Å²) in [7, 11) is 1.65. The molecule has 0 aliphatic rings. The highest BCUT2D eigenvalue weighted by Crippen LogP contribution is 2.29. The monoisotopic (exact) mass is 289 g/mol. The molecule has 0 aliphatic heterocycles. The van der Waals surface area contributed by atoms with Crippen LogP contribution in [-0.2, 0) is 13.2 Å². The fourth-order valence-corrected chi connectivity index (χ4v) is 2.12. The third-order valence-electron chi connectivity index (χ3n) is 3.32. The van der Waals surface area contributed by atoms with Gasteiger partial charge in [-0.1, -0.05) is 13.0 Å². The quantitative estimate of drug-likeness (QED) is 0.846. The van der Waals surface area contributed by atoms with E-state index < -0.39 is 0 Å². The van der Waals surface area contributed by atoms with Crippen molar-refractivity contribution in [1.29, 1.82) is 0 Å². The minimum atomic E-state index is 0.473. The first-order valence-electron chi connectivity index (χ1n) is 7.20. The Labute approximate surface area is 126 Å².